The van der Waals surface area contributed by atoms with E-state index in [1.807, 2.05) is 0 Å². The van der Waals surface area contributed by atoms with Crippen LogP contribution in [0.15, 0.2) is 0 Å². The van der Waals surface area contributed by atoms with Gasteiger partial charge in [0, 0.05) is 6.42 Å². The van der Waals surface area contributed by atoms with Gasteiger partial charge in [-0.05, 0) is 12.3 Å². The molecule has 3 nitrogen and oxygen atoms in total. The van der Waals surface area contributed by atoms with Crippen LogP contribution >= 0.6 is 0 Å². The van der Waals surface area contributed by atoms with Crippen LogP contribution in [-0.2, 0) is 14.5 Å². The topological polar surface area (TPSA) is 34.3 Å². The molecule has 0 unspecified atom stereocenters. The van der Waals surface area contributed by atoms with Gasteiger partial charge in [0.1, 0.15) is 0 Å². The third-order valence-electron chi connectivity index (χ3n) is 4.99. The number of hydrogen-bond acceptors (Lipinski definition) is 3. The Morgan fingerprint density at radius 1 is 0.640 bits per heavy atom. The summed E-state index contributed by atoms with van der Waals surface area (Å²) in [6.45, 7) is 7.28. The maximum absolute atomic E-state index is 5.68. The summed E-state index contributed by atoms with van der Waals surface area (Å²) in [4.78, 5) is 10.1. The van der Waals surface area contributed by atoms with Crippen molar-refractivity contribution in [1.82, 2.24) is 0 Å². The van der Waals surface area contributed by atoms with Gasteiger partial charge in [-0.25, -0.2) is 0 Å². The smallest absolute Gasteiger partial charge is 0.324 e. The van der Waals surface area contributed by atoms with Crippen LogP contribution in [0.1, 0.15) is 124 Å². The molecule has 0 aliphatic carbocycles. The predicted octanol–water partition coefficient (Wildman–Crippen LogP) is 7.54. The van der Waals surface area contributed by atoms with E-state index in [9.17, 15) is 0 Å². The molecule has 3 heteroatoms. The van der Waals surface area contributed by atoms with Gasteiger partial charge in [-0.2, -0.15) is 9.78 Å². The first-order valence-corrected chi connectivity index (χ1v) is 11.2. The molecule has 0 atom stereocenters. The summed E-state index contributed by atoms with van der Waals surface area (Å²) in [7, 11) is 0. The molecule has 25 heavy (non-hydrogen) atoms. The van der Waals surface area contributed by atoms with Crippen molar-refractivity contribution in [2.24, 2.45) is 5.92 Å². The van der Waals surface area contributed by atoms with Gasteiger partial charge >= 0.3 is 5.97 Å². The molecule has 0 saturated carbocycles. The largest absolute Gasteiger partial charge is 0.340 e. The molecule has 150 valence electrons. The predicted molar refractivity (Wildman–Crippen MR) is 105 cm³/mol. The van der Waals surface area contributed by atoms with Crippen LogP contribution in [0, 0.1) is 5.92 Å². The highest BCUT2D eigenvalue weighted by Gasteiger charge is 2.50. The van der Waals surface area contributed by atoms with Crippen LogP contribution < -0.4 is 0 Å². The van der Waals surface area contributed by atoms with E-state index in [2.05, 4.69) is 20.8 Å². The number of unbranched alkanes of at least 4 members (excludes halogenated alkanes) is 14. The van der Waals surface area contributed by atoms with Gasteiger partial charge in [-0.1, -0.05) is 111 Å². The highest BCUT2D eigenvalue weighted by molar-refractivity contribution is 4.63. The summed E-state index contributed by atoms with van der Waals surface area (Å²) in [6, 6.07) is 0. The van der Waals surface area contributed by atoms with E-state index in [1.165, 1.54) is 89.9 Å². The van der Waals surface area contributed by atoms with E-state index < -0.39 is 5.97 Å². The zero-order chi connectivity index (χ0) is 18.2. The van der Waals surface area contributed by atoms with E-state index in [0.717, 1.165) is 12.8 Å². The van der Waals surface area contributed by atoms with Crippen LogP contribution in [-0.4, -0.2) is 12.6 Å². The SMILES string of the molecule is CCCCCCCCCCCCCCCCCC1(OCC(C)C)OO1. The average molecular weight is 357 g/mol. The van der Waals surface area contributed by atoms with Gasteiger partial charge in [0.2, 0.25) is 0 Å². The van der Waals surface area contributed by atoms with E-state index >= 15 is 0 Å². The molecule has 0 N–H and O–H groups in total. The molecule has 1 saturated heterocycles. The first-order chi connectivity index (χ1) is 12.2. The standard InChI is InChI=1S/C22H44O3/c1-4-5-6-7-8-9-10-11-12-13-14-15-16-17-18-19-22(24-25-22)23-20-21(2)3/h21H,4-20H2,1-3H3. The molecule has 1 fully saturated rings. The molecule has 1 aliphatic heterocycles. The molecule has 1 aliphatic rings. The molecular formula is C22H44O3. The normalized spacial score (nSPS) is 15.8. The monoisotopic (exact) mass is 356 g/mol. The zero-order valence-electron chi connectivity index (χ0n) is 17.3. The lowest BCUT2D eigenvalue weighted by atomic mass is 10.0. The fourth-order valence-corrected chi connectivity index (χ4v) is 3.26. The molecule has 1 heterocycles. The van der Waals surface area contributed by atoms with Crippen molar-refractivity contribution < 1.29 is 14.5 Å². The second kappa shape index (κ2) is 15.0. The lowest BCUT2D eigenvalue weighted by Gasteiger charge is -2.10. The number of ether oxygens (including phenoxy) is 1. The zero-order valence-corrected chi connectivity index (χ0v) is 17.3. The molecule has 0 amide bonds. The van der Waals surface area contributed by atoms with Crippen molar-refractivity contribution >= 4 is 0 Å². The second-order valence-electron chi connectivity index (χ2n) is 8.25. The summed E-state index contributed by atoms with van der Waals surface area (Å²) >= 11 is 0. The fourth-order valence-electron chi connectivity index (χ4n) is 3.26. The van der Waals surface area contributed by atoms with Gasteiger partial charge in [0.25, 0.3) is 0 Å². The Hall–Kier alpha value is -0.120. The first-order valence-electron chi connectivity index (χ1n) is 11.2. The molecule has 0 aromatic heterocycles. The Morgan fingerprint density at radius 3 is 1.40 bits per heavy atom. The minimum atomic E-state index is -0.680. The van der Waals surface area contributed by atoms with E-state index in [-0.39, 0.29) is 0 Å². The maximum atomic E-state index is 5.68. The van der Waals surface area contributed by atoms with Crippen LogP contribution in [0.5, 0.6) is 0 Å². The summed E-state index contributed by atoms with van der Waals surface area (Å²) < 4.78 is 5.68. The number of rotatable bonds is 19. The van der Waals surface area contributed by atoms with E-state index in [4.69, 9.17) is 14.5 Å². The van der Waals surface area contributed by atoms with Gasteiger partial charge in [-0.3, -0.25) is 0 Å². The highest BCUT2D eigenvalue weighted by atomic mass is 17.4. The Labute approximate surface area is 157 Å². The van der Waals surface area contributed by atoms with Crippen LogP contribution in [0.4, 0.5) is 0 Å². The fraction of sp³-hybridized carbons (Fsp3) is 1.00. The molecule has 0 aromatic rings. The van der Waals surface area contributed by atoms with Crippen molar-refractivity contribution in [3.05, 3.63) is 0 Å². The molecule has 0 spiro atoms. The van der Waals surface area contributed by atoms with Crippen LogP contribution in [0.3, 0.4) is 0 Å². The van der Waals surface area contributed by atoms with Gasteiger partial charge in [0.15, 0.2) is 0 Å². The van der Waals surface area contributed by atoms with Gasteiger partial charge in [0.05, 0.1) is 6.61 Å². The first kappa shape index (κ1) is 22.9. The van der Waals surface area contributed by atoms with Crippen molar-refractivity contribution in [1.29, 1.82) is 0 Å². The average Bonchev–Trinajstić information content (AvgIpc) is 3.37. The second-order valence-corrected chi connectivity index (χ2v) is 8.25. The van der Waals surface area contributed by atoms with Crippen molar-refractivity contribution in [2.45, 2.75) is 129 Å². The molecule has 1 rings (SSSR count). The Kier molecular flexibility index (Phi) is 13.7. The summed E-state index contributed by atoms with van der Waals surface area (Å²) in [5.74, 6) is -0.161. The third-order valence-corrected chi connectivity index (χ3v) is 4.99. The Morgan fingerprint density at radius 2 is 1.04 bits per heavy atom. The van der Waals surface area contributed by atoms with Crippen molar-refractivity contribution in [2.75, 3.05) is 6.61 Å². The van der Waals surface area contributed by atoms with Crippen LogP contribution in [0.25, 0.3) is 0 Å². The minimum absolute atomic E-state index is 0.519. The molecule has 0 bridgehead atoms. The van der Waals surface area contributed by atoms with Gasteiger partial charge < -0.3 is 4.74 Å². The van der Waals surface area contributed by atoms with Crippen molar-refractivity contribution in [3.63, 3.8) is 0 Å². The van der Waals surface area contributed by atoms with Crippen LogP contribution in [0.2, 0.25) is 0 Å². The van der Waals surface area contributed by atoms with E-state index in [1.54, 1.807) is 0 Å². The lowest BCUT2D eigenvalue weighted by molar-refractivity contribution is -0.0722. The Bertz CT molecular complexity index is 287. The summed E-state index contributed by atoms with van der Waals surface area (Å²) in [5, 5.41) is 0. The van der Waals surface area contributed by atoms with E-state index in [0.29, 0.717) is 12.5 Å². The maximum Gasteiger partial charge on any atom is 0.340 e. The summed E-state index contributed by atoms with van der Waals surface area (Å²) in [6.07, 6.45) is 21.7. The lowest BCUT2D eigenvalue weighted by Crippen LogP contribution is -2.18. The third kappa shape index (κ3) is 13.7. The number of hydrogen-bond donors (Lipinski definition) is 0. The summed E-state index contributed by atoms with van der Waals surface area (Å²) in [5.41, 5.74) is 0. The highest BCUT2D eigenvalue weighted by Crippen LogP contribution is 2.36. The molecular weight excluding hydrogens is 312 g/mol. The Balaban J connectivity index is 1.74. The molecule has 0 aromatic carbocycles. The minimum Gasteiger partial charge on any atom is -0.324 e. The van der Waals surface area contributed by atoms with Gasteiger partial charge in [-0.15, -0.1) is 0 Å². The molecule has 0 radical (unpaired) electrons. The van der Waals surface area contributed by atoms with Crippen molar-refractivity contribution in [3.8, 4) is 0 Å². The quantitative estimate of drug-likeness (QED) is 0.136.